The van der Waals surface area contributed by atoms with Crippen LogP contribution in [0.5, 0.6) is 0 Å². The molecule has 0 saturated carbocycles. The number of carboxylic acids is 1. The van der Waals surface area contributed by atoms with Gasteiger partial charge in [0.15, 0.2) is 0 Å². The summed E-state index contributed by atoms with van der Waals surface area (Å²) in [6.45, 7) is 6.34. The van der Waals surface area contributed by atoms with Crippen LogP contribution in [-0.2, 0) is 4.79 Å². The van der Waals surface area contributed by atoms with Crippen molar-refractivity contribution < 1.29 is 14.7 Å². The first-order valence-electron chi connectivity index (χ1n) is 6.66. The Balaban J connectivity index is 4.21. The number of amides is 2. The number of hydrogen-bond donors (Lipinski definition) is 2. The molecule has 19 heavy (non-hydrogen) atoms. The third-order valence-electron chi connectivity index (χ3n) is 2.80. The number of carbonyl (C=O) groups is 2. The lowest BCUT2D eigenvalue weighted by Crippen LogP contribution is -2.47. The second kappa shape index (κ2) is 9.95. The van der Waals surface area contributed by atoms with Crippen LogP contribution in [0.15, 0.2) is 0 Å². The molecule has 1 atom stereocenters. The number of hydrogen-bond acceptors (Lipinski definition) is 3. The maximum Gasteiger partial charge on any atom is 0.317 e. The number of rotatable bonds is 9. The van der Waals surface area contributed by atoms with Crippen LogP contribution in [0.25, 0.3) is 0 Å². The maximum absolute atomic E-state index is 12.1. The first kappa shape index (κ1) is 18.1. The van der Waals surface area contributed by atoms with Crippen LogP contribution in [0.2, 0.25) is 0 Å². The van der Waals surface area contributed by atoms with Crippen LogP contribution in [0.4, 0.5) is 4.79 Å². The molecule has 0 aromatic rings. The van der Waals surface area contributed by atoms with Crippen LogP contribution in [-0.4, -0.2) is 52.6 Å². The van der Waals surface area contributed by atoms with Gasteiger partial charge in [0.25, 0.3) is 0 Å². The van der Waals surface area contributed by atoms with Gasteiger partial charge in [-0.2, -0.15) is 11.8 Å². The highest BCUT2D eigenvalue weighted by molar-refractivity contribution is 7.98. The number of nitrogens with one attached hydrogen (secondary N) is 1. The molecule has 0 aromatic heterocycles. The number of thioether (sulfide) groups is 1. The highest BCUT2D eigenvalue weighted by Crippen LogP contribution is 2.05. The summed E-state index contributed by atoms with van der Waals surface area (Å²) in [6.07, 6.45) is 3.56. The zero-order valence-electron chi connectivity index (χ0n) is 12.3. The Morgan fingerprint density at radius 1 is 1.32 bits per heavy atom. The van der Waals surface area contributed by atoms with Crippen molar-refractivity contribution in [3.05, 3.63) is 0 Å². The number of urea groups is 1. The summed E-state index contributed by atoms with van der Waals surface area (Å²) in [4.78, 5) is 24.3. The van der Waals surface area contributed by atoms with E-state index in [-0.39, 0.29) is 24.5 Å². The van der Waals surface area contributed by atoms with E-state index in [9.17, 15) is 9.59 Å². The zero-order chi connectivity index (χ0) is 14.8. The molecule has 0 aliphatic heterocycles. The minimum absolute atomic E-state index is 0.0709. The lowest BCUT2D eigenvalue weighted by molar-refractivity contribution is -0.137. The van der Waals surface area contributed by atoms with Gasteiger partial charge in [0, 0.05) is 25.0 Å². The molecule has 0 aromatic carbocycles. The number of aliphatic carboxylic acids is 1. The van der Waals surface area contributed by atoms with E-state index in [4.69, 9.17) is 5.11 Å². The van der Waals surface area contributed by atoms with E-state index in [2.05, 4.69) is 5.32 Å². The molecule has 1 unspecified atom stereocenters. The average Bonchev–Trinajstić information content (AvgIpc) is 2.30. The highest BCUT2D eigenvalue weighted by atomic mass is 32.2. The summed E-state index contributed by atoms with van der Waals surface area (Å²) in [6, 6.07) is 0.108. The lowest BCUT2D eigenvalue weighted by atomic mass is 10.2. The normalized spacial score (nSPS) is 12.3. The molecule has 6 heteroatoms. The minimum Gasteiger partial charge on any atom is -0.481 e. The monoisotopic (exact) mass is 290 g/mol. The fourth-order valence-corrected chi connectivity index (χ4v) is 2.24. The molecule has 0 aliphatic rings. The molecule has 0 rings (SSSR count). The van der Waals surface area contributed by atoms with Crippen molar-refractivity contribution in [1.82, 2.24) is 10.2 Å². The van der Waals surface area contributed by atoms with E-state index in [1.807, 2.05) is 27.0 Å². The van der Waals surface area contributed by atoms with Gasteiger partial charge in [-0.1, -0.05) is 0 Å². The van der Waals surface area contributed by atoms with Crippen LogP contribution in [0.3, 0.4) is 0 Å². The zero-order valence-corrected chi connectivity index (χ0v) is 13.1. The SMILES string of the molecule is CSCCC(C)NC(=O)N(CCCC(=O)O)C(C)C. The molecule has 0 spiro atoms. The first-order valence-corrected chi connectivity index (χ1v) is 8.05. The van der Waals surface area contributed by atoms with Crippen molar-refractivity contribution in [2.45, 2.75) is 52.1 Å². The van der Waals surface area contributed by atoms with Crippen LogP contribution in [0.1, 0.15) is 40.0 Å². The predicted molar refractivity (Wildman–Crippen MR) is 79.7 cm³/mol. The molecule has 0 aliphatic carbocycles. The highest BCUT2D eigenvalue weighted by Gasteiger charge is 2.18. The molecule has 2 N–H and O–H groups in total. The number of carbonyl (C=O) groups excluding carboxylic acids is 1. The fourth-order valence-electron chi connectivity index (χ4n) is 1.66. The fraction of sp³-hybridized carbons (Fsp3) is 0.846. The lowest BCUT2D eigenvalue weighted by Gasteiger charge is -2.28. The summed E-state index contributed by atoms with van der Waals surface area (Å²) in [5.41, 5.74) is 0. The van der Waals surface area contributed by atoms with E-state index < -0.39 is 5.97 Å². The molecule has 0 heterocycles. The van der Waals surface area contributed by atoms with Gasteiger partial charge >= 0.3 is 12.0 Å². The van der Waals surface area contributed by atoms with Gasteiger partial charge < -0.3 is 15.3 Å². The molecule has 0 fully saturated rings. The topological polar surface area (TPSA) is 69.6 Å². The summed E-state index contributed by atoms with van der Waals surface area (Å²) in [5, 5.41) is 11.6. The van der Waals surface area contributed by atoms with Gasteiger partial charge in [0.1, 0.15) is 0 Å². The molecule has 0 saturated heterocycles. The summed E-state index contributed by atoms with van der Waals surface area (Å²) >= 11 is 1.76. The number of nitrogens with zero attached hydrogens (tertiary/aromatic N) is 1. The molecule has 5 nitrogen and oxygen atoms in total. The molecular formula is C13H26N2O3S. The van der Waals surface area contributed by atoms with Gasteiger partial charge in [-0.05, 0) is 45.6 Å². The quantitative estimate of drug-likeness (QED) is 0.684. The van der Waals surface area contributed by atoms with Crippen molar-refractivity contribution in [1.29, 1.82) is 0 Å². The summed E-state index contributed by atoms with van der Waals surface area (Å²) < 4.78 is 0. The summed E-state index contributed by atoms with van der Waals surface area (Å²) in [7, 11) is 0. The standard InChI is InChI=1S/C13H26N2O3S/c1-10(2)15(8-5-6-12(16)17)13(18)14-11(3)7-9-19-4/h10-11H,5-9H2,1-4H3,(H,14,18)(H,16,17). The molecular weight excluding hydrogens is 264 g/mol. The third-order valence-corrected chi connectivity index (χ3v) is 3.44. The smallest absolute Gasteiger partial charge is 0.317 e. The minimum atomic E-state index is -0.822. The van der Waals surface area contributed by atoms with Gasteiger partial charge in [-0.15, -0.1) is 0 Å². The molecule has 112 valence electrons. The predicted octanol–water partition coefficient (Wildman–Crippen LogP) is 2.41. The van der Waals surface area contributed by atoms with Gasteiger partial charge in [-0.3, -0.25) is 4.79 Å². The Hall–Kier alpha value is -0.910. The first-order chi connectivity index (χ1) is 8.88. The van der Waals surface area contributed by atoms with E-state index in [1.54, 1.807) is 16.7 Å². The summed E-state index contributed by atoms with van der Waals surface area (Å²) in [5.74, 6) is 0.194. The van der Waals surface area contributed by atoms with Crippen LogP contribution >= 0.6 is 11.8 Å². The Bertz CT molecular complexity index is 285. The third kappa shape index (κ3) is 8.75. The average molecular weight is 290 g/mol. The Labute approximate surface area is 120 Å². The van der Waals surface area contributed by atoms with Crippen LogP contribution < -0.4 is 5.32 Å². The Morgan fingerprint density at radius 2 is 1.95 bits per heavy atom. The van der Waals surface area contributed by atoms with E-state index in [0.29, 0.717) is 13.0 Å². The van der Waals surface area contributed by atoms with Gasteiger partial charge in [0.2, 0.25) is 0 Å². The van der Waals surface area contributed by atoms with Gasteiger partial charge in [0.05, 0.1) is 0 Å². The molecule has 0 radical (unpaired) electrons. The number of carboxylic acid groups (broad SMARTS) is 1. The second-order valence-electron chi connectivity index (χ2n) is 4.92. The maximum atomic E-state index is 12.1. The van der Waals surface area contributed by atoms with Crippen molar-refractivity contribution in [3.8, 4) is 0 Å². The van der Waals surface area contributed by atoms with E-state index in [0.717, 1.165) is 12.2 Å². The second-order valence-corrected chi connectivity index (χ2v) is 5.90. The van der Waals surface area contributed by atoms with Crippen molar-refractivity contribution >= 4 is 23.8 Å². The largest absolute Gasteiger partial charge is 0.481 e. The van der Waals surface area contributed by atoms with Crippen molar-refractivity contribution in [3.63, 3.8) is 0 Å². The van der Waals surface area contributed by atoms with E-state index >= 15 is 0 Å². The Kier molecular flexibility index (Phi) is 9.47. The molecule has 0 bridgehead atoms. The van der Waals surface area contributed by atoms with Crippen LogP contribution in [0, 0.1) is 0 Å². The molecule has 2 amide bonds. The van der Waals surface area contributed by atoms with Crippen molar-refractivity contribution in [2.24, 2.45) is 0 Å². The van der Waals surface area contributed by atoms with Gasteiger partial charge in [-0.25, -0.2) is 4.79 Å². The van der Waals surface area contributed by atoms with Crippen molar-refractivity contribution in [2.75, 3.05) is 18.6 Å². The Morgan fingerprint density at radius 3 is 2.42 bits per heavy atom. The van der Waals surface area contributed by atoms with E-state index in [1.165, 1.54) is 0 Å².